The zero-order chi connectivity index (χ0) is 27.5. The number of anilines is 1. The zero-order valence-corrected chi connectivity index (χ0v) is 23.0. The van der Waals surface area contributed by atoms with Crippen LogP contribution in [0.4, 0.5) is 5.69 Å². The molecule has 0 saturated heterocycles. The van der Waals surface area contributed by atoms with Gasteiger partial charge in [0, 0.05) is 5.02 Å². The van der Waals surface area contributed by atoms with E-state index in [0.717, 1.165) is 4.31 Å². The molecular formula is C27H30ClN3O6S. The van der Waals surface area contributed by atoms with Gasteiger partial charge in [-0.15, -0.1) is 0 Å². The number of carbonyl (C=O) groups is 1. The Kier molecular flexibility index (Phi) is 10.4. The second-order valence-electron chi connectivity index (χ2n) is 7.76. The van der Waals surface area contributed by atoms with Gasteiger partial charge < -0.3 is 14.2 Å². The van der Waals surface area contributed by atoms with Crippen LogP contribution in [-0.4, -0.2) is 46.9 Å². The van der Waals surface area contributed by atoms with Crippen LogP contribution >= 0.6 is 11.6 Å². The predicted octanol–water partition coefficient (Wildman–Crippen LogP) is 4.88. The topological polar surface area (TPSA) is 107 Å². The van der Waals surface area contributed by atoms with Crippen LogP contribution in [0.3, 0.4) is 0 Å². The van der Waals surface area contributed by atoms with Gasteiger partial charge in [0.2, 0.25) is 0 Å². The van der Waals surface area contributed by atoms with E-state index in [-0.39, 0.29) is 10.6 Å². The number of hydrogen-bond donors (Lipinski definition) is 1. The summed E-state index contributed by atoms with van der Waals surface area (Å²) in [6.45, 7) is 6.50. The second kappa shape index (κ2) is 13.7. The molecule has 3 aromatic rings. The maximum atomic E-state index is 13.5. The van der Waals surface area contributed by atoms with E-state index in [2.05, 4.69) is 10.5 Å². The Morgan fingerprint density at radius 3 is 2.16 bits per heavy atom. The van der Waals surface area contributed by atoms with Gasteiger partial charge >= 0.3 is 0 Å². The van der Waals surface area contributed by atoms with Gasteiger partial charge in [-0.3, -0.25) is 9.10 Å². The van der Waals surface area contributed by atoms with Crippen LogP contribution in [-0.2, 0) is 14.8 Å². The number of ether oxygens (including phenoxy) is 3. The fourth-order valence-corrected chi connectivity index (χ4v) is 4.96. The summed E-state index contributed by atoms with van der Waals surface area (Å²) in [5.74, 6) is 1.11. The Morgan fingerprint density at radius 1 is 0.895 bits per heavy atom. The first kappa shape index (κ1) is 28.8. The lowest BCUT2D eigenvalue weighted by atomic mass is 10.2. The lowest BCUT2D eigenvalue weighted by Crippen LogP contribution is -2.39. The van der Waals surface area contributed by atoms with E-state index < -0.39 is 22.5 Å². The van der Waals surface area contributed by atoms with Crippen LogP contribution in [0.1, 0.15) is 26.3 Å². The number of benzene rings is 3. The van der Waals surface area contributed by atoms with Crippen molar-refractivity contribution in [3.8, 4) is 17.2 Å². The monoisotopic (exact) mass is 559 g/mol. The Labute approximate surface area is 228 Å². The van der Waals surface area contributed by atoms with E-state index >= 15 is 0 Å². The Balaban J connectivity index is 1.81. The zero-order valence-electron chi connectivity index (χ0n) is 21.4. The molecule has 3 aromatic carbocycles. The van der Waals surface area contributed by atoms with Gasteiger partial charge in [0.25, 0.3) is 15.9 Å². The van der Waals surface area contributed by atoms with E-state index in [1.807, 2.05) is 20.8 Å². The summed E-state index contributed by atoms with van der Waals surface area (Å²) in [4.78, 5) is 12.8. The first-order chi connectivity index (χ1) is 18.3. The van der Waals surface area contributed by atoms with E-state index in [0.29, 0.717) is 47.7 Å². The summed E-state index contributed by atoms with van der Waals surface area (Å²) < 4.78 is 44.6. The smallest absolute Gasteiger partial charge is 0.264 e. The van der Waals surface area contributed by atoms with Crippen molar-refractivity contribution in [2.24, 2.45) is 5.10 Å². The van der Waals surface area contributed by atoms with Crippen molar-refractivity contribution in [1.82, 2.24) is 5.43 Å². The van der Waals surface area contributed by atoms with E-state index in [4.69, 9.17) is 25.8 Å². The highest BCUT2D eigenvalue weighted by molar-refractivity contribution is 7.92. The van der Waals surface area contributed by atoms with Crippen LogP contribution in [0, 0.1) is 0 Å². The largest absolute Gasteiger partial charge is 0.494 e. The quantitative estimate of drug-likeness (QED) is 0.236. The Bertz CT molecular complexity index is 1350. The van der Waals surface area contributed by atoms with Gasteiger partial charge in [-0.1, -0.05) is 11.6 Å². The predicted molar refractivity (Wildman–Crippen MR) is 148 cm³/mol. The molecule has 0 unspecified atom stereocenters. The number of nitrogens with zero attached hydrogens (tertiary/aromatic N) is 2. The van der Waals surface area contributed by atoms with Crippen molar-refractivity contribution in [2.45, 2.75) is 25.7 Å². The number of amides is 1. The third-order valence-corrected chi connectivity index (χ3v) is 7.13. The van der Waals surface area contributed by atoms with Crippen LogP contribution in [0.5, 0.6) is 17.2 Å². The highest BCUT2D eigenvalue weighted by Gasteiger charge is 2.27. The molecule has 202 valence electrons. The van der Waals surface area contributed by atoms with Crippen molar-refractivity contribution in [2.75, 3.05) is 30.7 Å². The van der Waals surface area contributed by atoms with Gasteiger partial charge in [0.1, 0.15) is 12.3 Å². The number of carbonyl (C=O) groups excluding carboxylic acids is 1. The molecule has 0 radical (unpaired) electrons. The molecule has 3 rings (SSSR count). The molecule has 0 aliphatic heterocycles. The standard InChI is InChI=1S/C27H30ClN3O6S/c1-4-35-23-12-10-22(11-13-23)31(38(33,34)24-14-8-21(28)9-15-24)19-27(32)30-29-18-20-7-16-25(36-5-2)26(17-20)37-6-3/h7-18H,4-6,19H2,1-3H3,(H,30,32)/b29-18-. The molecular weight excluding hydrogens is 530 g/mol. The number of nitrogens with one attached hydrogen (secondary N) is 1. The summed E-state index contributed by atoms with van der Waals surface area (Å²) in [6, 6.07) is 17.4. The van der Waals surface area contributed by atoms with Gasteiger partial charge in [0.15, 0.2) is 11.5 Å². The molecule has 11 heteroatoms. The molecule has 1 N–H and O–H groups in total. The molecule has 9 nitrogen and oxygen atoms in total. The summed E-state index contributed by atoms with van der Waals surface area (Å²) in [5, 5.41) is 4.38. The second-order valence-corrected chi connectivity index (χ2v) is 10.1. The maximum Gasteiger partial charge on any atom is 0.264 e. The van der Waals surface area contributed by atoms with E-state index in [1.54, 1.807) is 42.5 Å². The van der Waals surface area contributed by atoms with E-state index in [1.165, 1.54) is 30.5 Å². The van der Waals surface area contributed by atoms with E-state index in [9.17, 15) is 13.2 Å². The number of halogens is 1. The van der Waals surface area contributed by atoms with Crippen molar-refractivity contribution >= 4 is 39.4 Å². The number of rotatable bonds is 13. The van der Waals surface area contributed by atoms with Gasteiger partial charge in [-0.2, -0.15) is 5.10 Å². The van der Waals surface area contributed by atoms with Crippen molar-refractivity contribution in [3.05, 3.63) is 77.3 Å². The molecule has 1 amide bonds. The molecule has 0 heterocycles. The molecule has 0 bridgehead atoms. The lowest BCUT2D eigenvalue weighted by Gasteiger charge is -2.24. The normalized spacial score (nSPS) is 11.3. The van der Waals surface area contributed by atoms with Crippen molar-refractivity contribution < 1.29 is 27.4 Å². The molecule has 0 atom stereocenters. The summed E-state index contributed by atoms with van der Waals surface area (Å²) in [5.41, 5.74) is 3.34. The average Bonchev–Trinajstić information content (AvgIpc) is 2.90. The van der Waals surface area contributed by atoms with Crippen molar-refractivity contribution in [1.29, 1.82) is 0 Å². The van der Waals surface area contributed by atoms with Gasteiger partial charge in [-0.25, -0.2) is 13.8 Å². The highest BCUT2D eigenvalue weighted by atomic mass is 35.5. The third kappa shape index (κ3) is 7.62. The first-order valence-corrected chi connectivity index (χ1v) is 13.8. The molecule has 0 fully saturated rings. The minimum absolute atomic E-state index is 0.00933. The Morgan fingerprint density at radius 2 is 1.53 bits per heavy atom. The molecule has 0 aliphatic rings. The van der Waals surface area contributed by atoms with Crippen LogP contribution in [0.15, 0.2) is 76.7 Å². The molecule has 38 heavy (non-hydrogen) atoms. The third-order valence-electron chi connectivity index (χ3n) is 5.09. The summed E-state index contributed by atoms with van der Waals surface area (Å²) in [6.07, 6.45) is 1.44. The van der Waals surface area contributed by atoms with Crippen LogP contribution < -0.4 is 23.9 Å². The van der Waals surface area contributed by atoms with Crippen LogP contribution in [0.25, 0.3) is 0 Å². The molecule has 0 saturated carbocycles. The van der Waals surface area contributed by atoms with Gasteiger partial charge in [-0.05, 0) is 93.1 Å². The van der Waals surface area contributed by atoms with Gasteiger partial charge in [0.05, 0.1) is 36.6 Å². The lowest BCUT2D eigenvalue weighted by molar-refractivity contribution is -0.119. The fraction of sp³-hybridized carbons (Fsp3) is 0.259. The fourth-order valence-electron chi connectivity index (χ4n) is 3.42. The Hall–Kier alpha value is -3.76. The van der Waals surface area contributed by atoms with Crippen LogP contribution in [0.2, 0.25) is 5.02 Å². The summed E-state index contributed by atoms with van der Waals surface area (Å²) in [7, 11) is -4.10. The maximum absolute atomic E-state index is 13.5. The highest BCUT2D eigenvalue weighted by Crippen LogP contribution is 2.28. The minimum atomic E-state index is -4.10. The summed E-state index contributed by atoms with van der Waals surface area (Å²) >= 11 is 5.93. The SMILES string of the molecule is CCOc1ccc(N(CC(=O)N/N=C\c2ccc(OCC)c(OCC)c2)S(=O)(=O)c2ccc(Cl)cc2)cc1. The molecule has 0 spiro atoms. The molecule has 0 aromatic heterocycles. The van der Waals surface area contributed by atoms with Crippen molar-refractivity contribution in [3.63, 3.8) is 0 Å². The molecule has 0 aliphatic carbocycles. The average molecular weight is 560 g/mol. The first-order valence-electron chi connectivity index (χ1n) is 12.0. The number of hydrazone groups is 1. The number of sulfonamides is 1. The number of hydrogen-bond acceptors (Lipinski definition) is 7. The minimum Gasteiger partial charge on any atom is -0.494 e.